The number of hydrogen-bond acceptors (Lipinski definition) is 4. The van der Waals surface area contributed by atoms with Gasteiger partial charge in [-0.3, -0.25) is 14.5 Å². The second-order valence-electron chi connectivity index (χ2n) is 6.60. The van der Waals surface area contributed by atoms with Gasteiger partial charge in [0.25, 0.3) is 5.91 Å². The van der Waals surface area contributed by atoms with E-state index in [0.717, 1.165) is 12.8 Å². The van der Waals surface area contributed by atoms with Gasteiger partial charge in [-0.05, 0) is 49.7 Å². The van der Waals surface area contributed by atoms with Gasteiger partial charge in [-0.2, -0.15) is 5.10 Å². The maximum atomic E-state index is 13.0. The first-order valence-electron chi connectivity index (χ1n) is 9.04. The Bertz CT molecular complexity index is 798. The van der Waals surface area contributed by atoms with Crippen LogP contribution < -0.4 is 0 Å². The Morgan fingerprint density at radius 1 is 1.22 bits per heavy atom. The molecule has 3 rings (SSSR count). The molecule has 1 fully saturated rings. The molecule has 0 bridgehead atoms. The number of halogens is 1. The zero-order chi connectivity index (χ0) is 19.4. The molecule has 144 valence electrons. The van der Waals surface area contributed by atoms with Crippen molar-refractivity contribution < 1.29 is 19.1 Å². The molecule has 1 aliphatic rings. The fourth-order valence-electron chi connectivity index (χ4n) is 3.44. The normalized spacial score (nSPS) is 15.3. The van der Waals surface area contributed by atoms with E-state index in [-0.39, 0.29) is 24.3 Å². The lowest BCUT2D eigenvalue weighted by molar-refractivity contribution is -0.139. The average molecular weight is 374 g/mol. The number of likely N-dealkylation sites (tertiary alicyclic amines) is 1. The summed E-state index contributed by atoms with van der Waals surface area (Å²) in [6, 6.07) is 7.72. The van der Waals surface area contributed by atoms with Gasteiger partial charge in [0, 0.05) is 25.3 Å². The van der Waals surface area contributed by atoms with Crippen molar-refractivity contribution >= 4 is 11.9 Å². The lowest BCUT2D eigenvalue weighted by atomic mass is 10.0. The summed E-state index contributed by atoms with van der Waals surface area (Å²) in [5.74, 6) is -1.30. The minimum atomic E-state index is -0.832. The number of carbonyl (C=O) groups is 2. The van der Waals surface area contributed by atoms with Crippen molar-refractivity contribution in [2.24, 2.45) is 0 Å². The van der Waals surface area contributed by atoms with Crippen molar-refractivity contribution in [2.75, 3.05) is 26.2 Å². The molecule has 1 amide bonds. The SMILES string of the molecule is CCN(CC(=O)O)C1CCN(C(=O)c2ccn(-c3ccc(F)cc3)n2)CC1. The fraction of sp³-hybridized carbons (Fsp3) is 0.421. The number of carbonyl (C=O) groups excluding carboxylic acids is 1. The van der Waals surface area contributed by atoms with Crippen LogP contribution in [0.2, 0.25) is 0 Å². The third-order valence-electron chi connectivity index (χ3n) is 4.91. The van der Waals surface area contributed by atoms with E-state index in [2.05, 4.69) is 5.10 Å². The van der Waals surface area contributed by atoms with Gasteiger partial charge >= 0.3 is 5.97 Å². The number of piperidine rings is 1. The van der Waals surface area contributed by atoms with Crippen LogP contribution in [0.3, 0.4) is 0 Å². The highest BCUT2D eigenvalue weighted by molar-refractivity contribution is 5.92. The van der Waals surface area contributed by atoms with Gasteiger partial charge in [0.05, 0.1) is 12.2 Å². The third kappa shape index (κ3) is 4.51. The van der Waals surface area contributed by atoms with E-state index in [1.165, 1.54) is 12.1 Å². The second kappa shape index (κ2) is 8.30. The van der Waals surface area contributed by atoms with Crippen molar-refractivity contribution in [2.45, 2.75) is 25.8 Å². The van der Waals surface area contributed by atoms with Crippen LogP contribution >= 0.6 is 0 Å². The largest absolute Gasteiger partial charge is 0.480 e. The van der Waals surface area contributed by atoms with Crippen LogP contribution in [-0.2, 0) is 4.79 Å². The molecule has 27 heavy (non-hydrogen) atoms. The zero-order valence-electron chi connectivity index (χ0n) is 15.2. The number of aliphatic carboxylic acids is 1. The molecule has 1 aromatic carbocycles. The highest BCUT2D eigenvalue weighted by Gasteiger charge is 2.28. The summed E-state index contributed by atoms with van der Waals surface area (Å²) in [6.45, 7) is 3.79. The molecule has 1 aromatic heterocycles. The van der Waals surface area contributed by atoms with Crippen molar-refractivity contribution in [3.05, 3.63) is 48.0 Å². The van der Waals surface area contributed by atoms with Gasteiger partial charge in [-0.1, -0.05) is 6.92 Å². The van der Waals surface area contributed by atoms with Crippen LogP contribution in [0.1, 0.15) is 30.3 Å². The van der Waals surface area contributed by atoms with E-state index in [9.17, 15) is 14.0 Å². The molecule has 1 saturated heterocycles. The van der Waals surface area contributed by atoms with E-state index in [4.69, 9.17) is 5.11 Å². The van der Waals surface area contributed by atoms with Crippen LogP contribution in [0.5, 0.6) is 0 Å². The molecular formula is C19H23FN4O3. The number of aromatic nitrogens is 2. The molecule has 0 saturated carbocycles. The summed E-state index contributed by atoms with van der Waals surface area (Å²) in [5, 5.41) is 13.3. The quantitative estimate of drug-likeness (QED) is 0.837. The standard InChI is InChI=1S/C19H23FN4O3/c1-2-22(13-18(25)26)15-7-10-23(11-8-15)19(27)17-9-12-24(21-17)16-5-3-14(20)4-6-16/h3-6,9,12,15H,2,7-8,10-11,13H2,1H3,(H,25,26). The van der Waals surface area contributed by atoms with Gasteiger partial charge in [0.2, 0.25) is 0 Å². The van der Waals surface area contributed by atoms with Crippen molar-refractivity contribution in [3.8, 4) is 5.69 Å². The highest BCUT2D eigenvalue weighted by atomic mass is 19.1. The van der Waals surface area contributed by atoms with E-state index in [1.807, 2.05) is 11.8 Å². The van der Waals surface area contributed by atoms with Gasteiger partial charge in [-0.15, -0.1) is 0 Å². The number of rotatable bonds is 6. The average Bonchev–Trinajstić information content (AvgIpc) is 3.16. The Labute approximate surface area is 157 Å². The van der Waals surface area contributed by atoms with Crippen LogP contribution in [0, 0.1) is 5.82 Å². The van der Waals surface area contributed by atoms with E-state index in [1.54, 1.807) is 34.0 Å². The fourth-order valence-corrected chi connectivity index (χ4v) is 3.44. The minimum absolute atomic E-state index is 0.0250. The van der Waals surface area contributed by atoms with E-state index >= 15 is 0 Å². The first-order chi connectivity index (χ1) is 13.0. The van der Waals surface area contributed by atoms with E-state index in [0.29, 0.717) is 31.0 Å². The Hall–Kier alpha value is -2.74. The summed E-state index contributed by atoms with van der Waals surface area (Å²) in [5.41, 5.74) is 1.03. The second-order valence-corrected chi connectivity index (χ2v) is 6.60. The zero-order valence-corrected chi connectivity index (χ0v) is 15.2. The molecule has 7 nitrogen and oxygen atoms in total. The Kier molecular flexibility index (Phi) is 5.85. The van der Waals surface area contributed by atoms with Crippen molar-refractivity contribution in [3.63, 3.8) is 0 Å². The van der Waals surface area contributed by atoms with Crippen LogP contribution in [0.15, 0.2) is 36.5 Å². The van der Waals surface area contributed by atoms with Crippen LogP contribution in [0.25, 0.3) is 5.69 Å². The number of carboxylic acid groups (broad SMARTS) is 1. The number of amides is 1. The molecule has 8 heteroatoms. The number of nitrogens with zero attached hydrogens (tertiary/aromatic N) is 4. The monoisotopic (exact) mass is 374 g/mol. The first kappa shape index (κ1) is 19.0. The Morgan fingerprint density at radius 2 is 1.89 bits per heavy atom. The molecule has 0 radical (unpaired) electrons. The molecule has 0 spiro atoms. The van der Waals surface area contributed by atoms with Crippen LogP contribution in [-0.4, -0.2) is 68.8 Å². The maximum absolute atomic E-state index is 13.0. The summed E-state index contributed by atoms with van der Waals surface area (Å²) in [4.78, 5) is 27.4. The Morgan fingerprint density at radius 3 is 2.48 bits per heavy atom. The molecule has 0 unspecified atom stereocenters. The lowest BCUT2D eigenvalue weighted by Gasteiger charge is -2.37. The summed E-state index contributed by atoms with van der Waals surface area (Å²) >= 11 is 0. The van der Waals surface area contributed by atoms with Gasteiger partial charge in [0.15, 0.2) is 5.69 Å². The molecule has 1 aliphatic heterocycles. The minimum Gasteiger partial charge on any atom is -0.480 e. The first-order valence-corrected chi connectivity index (χ1v) is 9.04. The van der Waals surface area contributed by atoms with E-state index < -0.39 is 5.97 Å². The van der Waals surface area contributed by atoms with Gasteiger partial charge in [-0.25, -0.2) is 9.07 Å². The van der Waals surface area contributed by atoms with Gasteiger partial charge < -0.3 is 10.0 Å². The highest BCUT2D eigenvalue weighted by Crippen LogP contribution is 2.18. The van der Waals surface area contributed by atoms with Crippen LogP contribution in [0.4, 0.5) is 4.39 Å². The predicted octanol–water partition coefficient (Wildman–Crippen LogP) is 2.02. The predicted molar refractivity (Wildman–Crippen MR) is 97.3 cm³/mol. The summed E-state index contributed by atoms with van der Waals surface area (Å²) in [7, 11) is 0. The van der Waals surface area contributed by atoms with Gasteiger partial charge in [0.1, 0.15) is 5.82 Å². The lowest BCUT2D eigenvalue weighted by Crippen LogP contribution is -2.48. The maximum Gasteiger partial charge on any atom is 0.317 e. The number of carboxylic acids is 1. The smallest absolute Gasteiger partial charge is 0.317 e. The molecule has 0 atom stereocenters. The Balaban J connectivity index is 1.61. The molecule has 2 aromatic rings. The molecule has 2 heterocycles. The number of benzene rings is 1. The number of hydrogen-bond donors (Lipinski definition) is 1. The van der Waals surface area contributed by atoms with Crippen molar-refractivity contribution in [1.82, 2.24) is 19.6 Å². The topological polar surface area (TPSA) is 78.7 Å². The third-order valence-corrected chi connectivity index (χ3v) is 4.91. The van der Waals surface area contributed by atoms with Crippen molar-refractivity contribution in [1.29, 1.82) is 0 Å². The molecule has 0 aliphatic carbocycles. The molecule has 1 N–H and O–H groups in total. The summed E-state index contributed by atoms with van der Waals surface area (Å²) in [6.07, 6.45) is 3.16. The number of likely N-dealkylation sites (N-methyl/N-ethyl adjacent to an activating group) is 1. The molecular weight excluding hydrogens is 351 g/mol. The summed E-state index contributed by atoms with van der Waals surface area (Å²) < 4.78 is 14.6.